The van der Waals surface area contributed by atoms with E-state index in [0.29, 0.717) is 10.0 Å². The van der Waals surface area contributed by atoms with Crippen molar-refractivity contribution in [2.75, 3.05) is 7.11 Å². The average Bonchev–Trinajstić information content (AvgIpc) is 3.27. The van der Waals surface area contributed by atoms with Gasteiger partial charge < -0.3 is 9.47 Å². The van der Waals surface area contributed by atoms with Crippen molar-refractivity contribution in [3.05, 3.63) is 69.7 Å². The molecule has 0 radical (unpaired) electrons. The Morgan fingerprint density at radius 3 is 2.48 bits per heavy atom. The predicted molar refractivity (Wildman–Crippen MR) is 80.4 cm³/mol. The standard InChI is InChI=1S/C16H12Cl2O3/c1-20-15(19)16(11-5-3-2-4-6-11)14(21-16)10-7-8-12(17)13(18)9-10/h2-9,14H,1H3/t14-,16-/m1/s1. The first-order valence-corrected chi connectivity index (χ1v) is 7.12. The van der Waals surface area contributed by atoms with Crippen LogP contribution >= 0.6 is 23.2 Å². The Balaban J connectivity index is 2.02. The van der Waals surface area contributed by atoms with Crippen molar-refractivity contribution in [3.63, 3.8) is 0 Å². The lowest BCUT2D eigenvalue weighted by Gasteiger charge is -2.11. The highest BCUT2D eigenvalue weighted by Gasteiger charge is 2.65. The number of hydrogen-bond donors (Lipinski definition) is 0. The van der Waals surface area contributed by atoms with Crippen LogP contribution in [0.2, 0.25) is 10.0 Å². The molecule has 0 spiro atoms. The van der Waals surface area contributed by atoms with E-state index >= 15 is 0 Å². The molecule has 0 aliphatic carbocycles. The largest absolute Gasteiger partial charge is 0.467 e. The van der Waals surface area contributed by atoms with E-state index in [1.54, 1.807) is 18.2 Å². The number of esters is 1. The lowest BCUT2D eigenvalue weighted by molar-refractivity contribution is -0.147. The highest BCUT2D eigenvalue weighted by atomic mass is 35.5. The fourth-order valence-electron chi connectivity index (χ4n) is 2.46. The molecule has 0 unspecified atom stereocenters. The molecule has 1 heterocycles. The monoisotopic (exact) mass is 322 g/mol. The van der Waals surface area contributed by atoms with Gasteiger partial charge in [-0.15, -0.1) is 0 Å². The van der Waals surface area contributed by atoms with E-state index in [0.717, 1.165) is 11.1 Å². The zero-order valence-corrected chi connectivity index (χ0v) is 12.7. The molecule has 108 valence electrons. The number of epoxide rings is 1. The van der Waals surface area contributed by atoms with Crippen LogP contribution in [0.1, 0.15) is 17.2 Å². The van der Waals surface area contributed by atoms with Gasteiger partial charge >= 0.3 is 5.97 Å². The smallest absolute Gasteiger partial charge is 0.346 e. The lowest BCUT2D eigenvalue weighted by Crippen LogP contribution is -2.24. The van der Waals surface area contributed by atoms with Crippen molar-refractivity contribution >= 4 is 29.2 Å². The summed E-state index contributed by atoms with van der Waals surface area (Å²) >= 11 is 12.0. The van der Waals surface area contributed by atoms with Crippen LogP contribution < -0.4 is 0 Å². The summed E-state index contributed by atoms with van der Waals surface area (Å²) in [4.78, 5) is 12.2. The summed E-state index contributed by atoms with van der Waals surface area (Å²) in [5.41, 5.74) is 0.444. The Labute approximate surface area is 132 Å². The first-order valence-electron chi connectivity index (χ1n) is 6.36. The fourth-order valence-corrected chi connectivity index (χ4v) is 2.77. The number of methoxy groups -OCH3 is 1. The molecule has 1 aliphatic heterocycles. The molecule has 0 saturated carbocycles. The summed E-state index contributed by atoms with van der Waals surface area (Å²) in [5, 5.41) is 0.890. The number of hydrogen-bond acceptors (Lipinski definition) is 3. The summed E-state index contributed by atoms with van der Waals surface area (Å²) < 4.78 is 10.7. The van der Waals surface area contributed by atoms with Crippen LogP contribution in [0.15, 0.2) is 48.5 Å². The number of benzene rings is 2. The van der Waals surface area contributed by atoms with Crippen LogP contribution in [0.4, 0.5) is 0 Å². The van der Waals surface area contributed by atoms with E-state index in [2.05, 4.69) is 0 Å². The van der Waals surface area contributed by atoms with E-state index in [-0.39, 0.29) is 0 Å². The van der Waals surface area contributed by atoms with Crippen LogP contribution in [0.3, 0.4) is 0 Å². The van der Waals surface area contributed by atoms with Crippen molar-refractivity contribution in [1.29, 1.82) is 0 Å². The molecule has 1 saturated heterocycles. The van der Waals surface area contributed by atoms with E-state index in [1.165, 1.54) is 7.11 Å². The molecule has 0 N–H and O–H groups in total. The van der Waals surface area contributed by atoms with Gasteiger partial charge in [-0.05, 0) is 23.3 Å². The predicted octanol–water partition coefficient (Wildman–Crippen LogP) is 4.13. The maximum absolute atomic E-state index is 12.2. The van der Waals surface area contributed by atoms with Crippen LogP contribution in [0.5, 0.6) is 0 Å². The van der Waals surface area contributed by atoms with Gasteiger partial charge in [-0.25, -0.2) is 4.79 Å². The molecular formula is C16H12Cl2O3. The van der Waals surface area contributed by atoms with Crippen molar-refractivity contribution in [2.24, 2.45) is 0 Å². The van der Waals surface area contributed by atoms with Gasteiger partial charge in [0, 0.05) is 0 Å². The Hall–Kier alpha value is -1.55. The van der Waals surface area contributed by atoms with E-state index < -0.39 is 17.7 Å². The molecule has 3 rings (SSSR count). The second-order valence-electron chi connectivity index (χ2n) is 4.76. The zero-order chi connectivity index (χ0) is 15.0. The Morgan fingerprint density at radius 2 is 1.86 bits per heavy atom. The molecule has 0 bridgehead atoms. The first kappa shape index (κ1) is 14.4. The SMILES string of the molecule is COC(=O)[C@]1(c2ccccc2)O[C@@H]1c1ccc(Cl)c(Cl)c1. The number of carbonyl (C=O) groups is 1. The van der Waals surface area contributed by atoms with E-state index in [9.17, 15) is 4.79 Å². The van der Waals surface area contributed by atoms with Crippen molar-refractivity contribution < 1.29 is 14.3 Å². The number of ether oxygens (including phenoxy) is 2. The molecule has 5 heteroatoms. The summed E-state index contributed by atoms with van der Waals surface area (Å²) in [6.45, 7) is 0. The minimum atomic E-state index is -1.10. The van der Waals surface area contributed by atoms with Crippen LogP contribution in [0, 0.1) is 0 Å². The maximum Gasteiger partial charge on any atom is 0.346 e. The lowest BCUT2D eigenvalue weighted by atomic mass is 9.92. The fraction of sp³-hybridized carbons (Fsp3) is 0.188. The van der Waals surface area contributed by atoms with Gasteiger partial charge in [0.05, 0.1) is 17.2 Å². The molecule has 0 aromatic heterocycles. The molecule has 1 aliphatic rings. The third kappa shape index (κ3) is 2.31. The van der Waals surface area contributed by atoms with Gasteiger partial charge in [0.25, 0.3) is 0 Å². The summed E-state index contributed by atoms with van der Waals surface area (Å²) in [5.74, 6) is -0.426. The van der Waals surface area contributed by atoms with Crippen LogP contribution in [-0.2, 0) is 19.9 Å². The summed E-state index contributed by atoms with van der Waals surface area (Å²) in [7, 11) is 1.35. The Bertz CT molecular complexity index is 687. The number of halogens is 2. The van der Waals surface area contributed by atoms with E-state index in [1.807, 2.05) is 30.3 Å². The molecule has 1 fully saturated rings. The normalized spacial score (nSPS) is 23.7. The average molecular weight is 323 g/mol. The second kappa shape index (κ2) is 5.34. The molecular weight excluding hydrogens is 311 g/mol. The maximum atomic E-state index is 12.2. The molecule has 21 heavy (non-hydrogen) atoms. The van der Waals surface area contributed by atoms with Crippen LogP contribution in [0.25, 0.3) is 0 Å². The van der Waals surface area contributed by atoms with Crippen molar-refractivity contribution in [2.45, 2.75) is 11.7 Å². The quantitative estimate of drug-likeness (QED) is 0.630. The topological polar surface area (TPSA) is 38.8 Å². The summed E-state index contributed by atoms with van der Waals surface area (Å²) in [6, 6.07) is 14.5. The molecule has 0 amide bonds. The van der Waals surface area contributed by atoms with E-state index in [4.69, 9.17) is 32.7 Å². The Kier molecular flexibility index (Phi) is 3.66. The van der Waals surface area contributed by atoms with Crippen molar-refractivity contribution in [3.8, 4) is 0 Å². The molecule has 2 aromatic rings. The third-order valence-corrected chi connectivity index (χ3v) is 4.29. The minimum Gasteiger partial charge on any atom is -0.467 e. The van der Waals surface area contributed by atoms with Crippen molar-refractivity contribution in [1.82, 2.24) is 0 Å². The van der Waals surface area contributed by atoms with Gasteiger partial charge in [-0.1, -0.05) is 59.6 Å². The summed E-state index contributed by atoms with van der Waals surface area (Å²) in [6.07, 6.45) is -0.429. The van der Waals surface area contributed by atoms with Gasteiger partial charge in [-0.3, -0.25) is 0 Å². The minimum absolute atomic E-state index is 0.426. The zero-order valence-electron chi connectivity index (χ0n) is 11.2. The molecule has 2 aromatic carbocycles. The molecule has 3 nitrogen and oxygen atoms in total. The first-order chi connectivity index (χ1) is 10.1. The number of carbonyl (C=O) groups excluding carboxylic acids is 1. The highest BCUT2D eigenvalue weighted by Crippen LogP contribution is 2.58. The highest BCUT2D eigenvalue weighted by molar-refractivity contribution is 6.42. The van der Waals surface area contributed by atoms with Gasteiger partial charge in [0.1, 0.15) is 6.10 Å². The second-order valence-corrected chi connectivity index (χ2v) is 5.58. The third-order valence-electron chi connectivity index (χ3n) is 3.55. The number of rotatable bonds is 3. The van der Waals surface area contributed by atoms with Crippen LogP contribution in [-0.4, -0.2) is 13.1 Å². The molecule has 2 atom stereocenters. The Morgan fingerprint density at radius 1 is 1.14 bits per heavy atom. The van der Waals surface area contributed by atoms with Gasteiger partial charge in [0.15, 0.2) is 0 Å². The van der Waals surface area contributed by atoms with Gasteiger partial charge in [-0.2, -0.15) is 0 Å². The van der Waals surface area contributed by atoms with Gasteiger partial charge in [0.2, 0.25) is 5.60 Å².